The largest absolute Gasteiger partial charge is 0.247 e. The van der Waals surface area contributed by atoms with Crippen LogP contribution in [0.1, 0.15) is 0 Å². The zero-order chi connectivity index (χ0) is 30.5. The van der Waals surface area contributed by atoms with E-state index in [0.717, 1.165) is 54.6 Å². The van der Waals surface area contributed by atoms with Crippen molar-refractivity contribution < 1.29 is 0 Å². The van der Waals surface area contributed by atoms with E-state index in [1.165, 1.54) is 43.2 Å². The molecule has 2 aromatic carbocycles. The molecule has 0 aliphatic heterocycles. The number of hydrogen-bond acceptors (Lipinski definition) is 10. The number of nitrogens with zero attached hydrogens (tertiary/aromatic N) is 2. The van der Waals surface area contributed by atoms with Gasteiger partial charge in [0.2, 0.25) is 12.5 Å². The maximum absolute atomic E-state index is 5.69. The van der Waals surface area contributed by atoms with Gasteiger partial charge in [-0.2, -0.15) is 0 Å². The summed E-state index contributed by atoms with van der Waals surface area (Å²) in [7, 11) is 8.93. The maximum Gasteiger partial charge on any atom is 0.247 e. The zero-order valence-electron chi connectivity index (χ0n) is 18.5. The van der Waals surface area contributed by atoms with Crippen LogP contribution in [0.5, 0.6) is 0 Å². The van der Waals surface area contributed by atoms with E-state index < -0.39 is 12.5 Å². The molecule has 0 aromatic heterocycles. The molecule has 0 radical (unpaired) electrons. The molecule has 2 nitrogen and oxygen atoms in total. The highest BCUT2D eigenvalue weighted by atomic mass is 35.6. The molecule has 40 heavy (non-hydrogen) atoms. The van der Waals surface area contributed by atoms with Gasteiger partial charge in [0.15, 0.2) is 8.75 Å². The molecular formula is C18H10Cl12N2S8. The van der Waals surface area contributed by atoms with E-state index in [1.807, 2.05) is 60.7 Å². The van der Waals surface area contributed by atoms with Crippen LogP contribution in [0.25, 0.3) is 0 Å². The van der Waals surface area contributed by atoms with Gasteiger partial charge in [0.25, 0.3) is 0 Å². The van der Waals surface area contributed by atoms with Gasteiger partial charge < -0.3 is 0 Å². The Labute approximate surface area is 324 Å². The standard InChI is InChI=1S/2C9H5Cl6NS4/c2*10-8(11,12)19-17-7(18-20-9(13,14)15)16-6-4-2-1-3-5-6/h2*1-5H. The number of rotatable bonds is 6. The molecule has 0 bridgehead atoms. The minimum Gasteiger partial charge on any atom is -0.233 e. The number of aliphatic imine (C=N–C) groups is 2. The molecule has 0 spiro atoms. The van der Waals surface area contributed by atoms with Gasteiger partial charge in [-0.3, -0.25) is 0 Å². The van der Waals surface area contributed by atoms with E-state index in [1.54, 1.807) is 0 Å². The van der Waals surface area contributed by atoms with Crippen molar-refractivity contribution in [2.45, 2.75) is 12.5 Å². The molecule has 0 amide bonds. The van der Waals surface area contributed by atoms with Crippen LogP contribution in [-0.2, 0) is 0 Å². The van der Waals surface area contributed by atoms with Gasteiger partial charge in [-0.15, -0.1) is 0 Å². The number of alkyl halides is 12. The molecule has 22 heteroatoms. The predicted octanol–water partition coefficient (Wildman–Crippen LogP) is 16.2. The average Bonchev–Trinajstić information content (AvgIpc) is 2.82. The van der Waals surface area contributed by atoms with Gasteiger partial charge in [-0.1, -0.05) is 176 Å². The number of para-hydroxylation sites is 2. The van der Waals surface area contributed by atoms with E-state index in [0.29, 0.717) is 8.75 Å². The Morgan fingerprint density at radius 2 is 0.625 bits per heavy atom. The second-order valence-electron chi connectivity index (χ2n) is 5.88. The Balaban J connectivity index is 0.000000400. The van der Waals surface area contributed by atoms with Gasteiger partial charge in [0.1, 0.15) is 0 Å². The summed E-state index contributed by atoms with van der Waals surface area (Å²) in [4.78, 5) is 8.83. The van der Waals surface area contributed by atoms with Crippen LogP contribution >= 0.6 is 226 Å². The second kappa shape index (κ2) is 21.1. The van der Waals surface area contributed by atoms with Gasteiger partial charge in [0, 0.05) is 0 Å². The Morgan fingerprint density at radius 3 is 0.825 bits per heavy atom. The van der Waals surface area contributed by atoms with Crippen molar-refractivity contribution in [1.82, 2.24) is 0 Å². The highest BCUT2D eigenvalue weighted by Crippen LogP contribution is 2.54. The van der Waals surface area contributed by atoms with E-state index in [-0.39, 0.29) is 0 Å². The van der Waals surface area contributed by atoms with Crippen molar-refractivity contribution in [3.63, 3.8) is 0 Å². The Morgan fingerprint density at radius 1 is 0.400 bits per heavy atom. The van der Waals surface area contributed by atoms with E-state index in [9.17, 15) is 0 Å². The zero-order valence-corrected chi connectivity index (χ0v) is 34.1. The molecule has 0 heterocycles. The first kappa shape index (κ1) is 42.1. The third kappa shape index (κ3) is 26.2. The summed E-state index contributed by atoms with van der Waals surface area (Å²) in [6.45, 7) is 0. The Hall–Kier alpha value is 4.06. The lowest BCUT2D eigenvalue weighted by atomic mass is 10.3. The lowest BCUT2D eigenvalue weighted by molar-refractivity contribution is 1.55. The third-order valence-corrected chi connectivity index (χ3v) is 19.0. The SMILES string of the molecule is ClC(Cl)(Cl)SSC(=Nc1ccccc1)SSC(Cl)(Cl)Cl.ClC(Cl)(Cl)SSC(=Nc1ccccc1)SSC(Cl)(Cl)Cl. The van der Waals surface area contributed by atoms with Gasteiger partial charge in [-0.25, -0.2) is 9.98 Å². The smallest absolute Gasteiger partial charge is 0.233 e. The monoisotopic (exact) mass is 929 g/mol. The quantitative estimate of drug-likeness (QED) is 0.122. The lowest BCUT2D eigenvalue weighted by Crippen LogP contribution is -1.94. The van der Waals surface area contributed by atoms with Crippen LogP contribution in [0.4, 0.5) is 11.4 Å². The molecule has 0 saturated carbocycles. The molecule has 0 aliphatic rings. The summed E-state index contributed by atoms with van der Waals surface area (Å²) >= 11 is 68.3. The van der Waals surface area contributed by atoms with Crippen molar-refractivity contribution in [3.05, 3.63) is 60.7 Å². The first-order valence-electron chi connectivity index (χ1n) is 9.28. The van der Waals surface area contributed by atoms with Gasteiger partial charge >= 0.3 is 0 Å². The average molecular weight is 936 g/mol. The van der Waals surface area contributed by atoms with Gasteiger partial charge in [0.05, 0.1) is 11.4 Å². The third-order valence-electron chi connectivity index (χ3n) is 2.78. The summed E-state index contributed by atoms with van der Waals surface area (Å²) < 4.78 is -4.60. The normalized spacial score (nSPS) is 12.3. The van der Waals surface area contributed by atoms with Crippen LogP contribution in [0.15, 0.2) is 70.6 Å². The summed E-state index contributed by atoms with van der Waals surface area (Å²) in [5.74, 6) is 0. The maximum atomic E-state index is 5.69. The van der Waals surface area contributed by atoms with Crippen LogP contribution in [0.3, 0.4) is 0 Å². The lowest BCUT2D eigenvalue weighted by Gasteiger charge is -2.12. The van der Waals surface area contributed by atoms with E-state index in [4.69, 9.17) is 139 Å². The van der Waals surface area contributed by atoms with Gasteiger partial charge in [-0.05, 0) is 111 Å². The molecular weight excluding hydrogens is 926 g/mol. The predicted molar refractivity (Wildman–Crippen MR) is 209 cm³/mol. The Kier molecular flexibility index (Phi) is 22.2. The van der Waals surface area contributed by atoms with Crippen LogP contribution in [-0.4, -0.2) is 21.2 Å². The molecule has 224 valence electrons. The summed E-state index contributed by atoms with van der Waals surface area (Å²) in [5, 5.41) is 0. The summed E-state index contributed by atoms with van der Waals surface area (Å²) in [6, 6.07) is 18.7. The fourth-order valence-electron chi connectivity index (χ4n) is 1.65. The van der Waals surface area contributed by atoms with E-state index >= 15 is 0 Å². The molecule has 0 atom stereocenters. The number of hydrogen-bond donors (Lipinski definition) is 0. The molecule has 0 saturated heterocycles. The van der Waals surface area contributed by atoms with E-state index in [2.05, 4.69) is 9.98 Å². The Bertz CT molecular complexity index is 933. The summed E-state index contributed by atoms with van der Waals surface area (Å²) in [6.07, 6.45) is 0. The van der Waals surface area contributed by atoms with Crippen molar-refractivity contribution >= 4 is 246 Å². The molecule has 0 N–H and O–H groups in total. The topological polar surface area (TPSA) is 24.7 Å². The van der Waals surface area contributed by atoms with Crippen molar-refractivity contribution in [1.29, 1.82) is 0 Å². The second-order valence-corrected chi connectivity index (χ2v) is 27.5. The number of halogens is 12. The highest BCUT2D eigenvalue weighted by Gasteiger charge is 2.27. The van der Waals surface area contributed by atoms with Crippen LogP contribution in [0, 0.1) is 0 Å². The molecule has 0 aliphatic carbocycles. The molecule has 2 rings (SSSR count). The fraction of sp³-hybridized carbons (Fsp3) is 0.222. The fourth-order valence-corrected chi connectivity index (χ4v) is 12.2. The first-order chi connectivity index (χ1) is 18.3. The van der Waals surface area contributed by atoms with Crippen molar-refractivity contribution in [3.8, 4) is 0 Å². The minimum absolute atomic E-state index is 0.601. The molecule has 0 fully saturated rings. The molecule has 0 unspecified atom stereocenters. The highest BCUT2D eigenvalue weighted by molar-refractivity contribution is 8.97. The van der Waals surface area contributed by atoms with Crippen molar-refractivity contribution in [2.75, 3.05) is 0 Å². The van der Waals surface area contributed by atoms with Crippen LogP contribution in [0.2, 0.25) is 0 Å². The molecule has 2 aromatic rings. The van der Waals surface area contributed by atoms with Crippen molar-refractivity contribution in [2.24, 2.45) is 9.98 Å². The van der Waals surface area contributed by atoms with Crippen LogP contribution < -0.4 is 0 Å². The summed E-state index contributed by atoms with van der Waals surface area (Å²) in [5.41, 5.74) is 1.52. The number of benzene rings is 2. The minimum atomic E-state index is -1.45. The first-order valence-corrected chi connectivity index (χ1v) is 22.4.